The summed E-state index contributed by atoms with van der Waals surface area (Å²) in [5, 5.41) is 9.87. The molecule has 0 aromatic heterocycles. The highest BCUT2D eigenvalue weighted by molar-refractivity contribution is 5.87. The zero-order valence-electron chi connectivity index (χ0n) is 7.98. The van der Waals surface area contributed by atoms with Gasteiger partial charge in [0, 0.05) is 5.57 Å². The van der Waals surface area contributed by atoms with Crippen LogP contribution in [0, 0.1) is 0 Å². The number of aliphatic hydroxyl groups is 1. The Kier molecular flexibility index (Phi) is 3.94. The maximum Gasteiger partial charge on any atom is 0.166 e. The van der Waals surface area contributed by atoms with Crippen LogP contribution in [0.1, 0.15) is 33.6 Å². The van der Waals surface area contributed by atoms with Crippen molar-refractivity contribution in [2.75, 3.05) is 0 Å². The third-order valence-corrected chi connectivity index (χ3v) is 2.08. The second kappa shape index (κ2) is 4.24. The van der Waals surface area contributed by atoms with Crippen LogP contribution in [0.2, 0.25) is 0 Å². The Morgan fingerprint density at radius 2 is 2.08 bits per heavy atom. The topological polar surface area (TPSA) is 37.3 Å². The molecule has 0 heterocycles. The molecule has 0 spiro atoms. The second-order valence-electron chi connectivity index (χ2n) is 2.97. The van der Waals surface area contributed by atoms with E-state index >= 15 is 0 Å². The third-order valence-electron chi connectivity index (χ3n) is 2.08. The minimum atomic E-state index is -1.34. The summed E-state index contributed by atoms with van der Waals surface area (Å²) in [6, 6.07) is 0. The van der Waals surface area contributed by atoms with Gasteiger partial charge in [0.15, 0.2) is 11.4 Å². The molecule has 0 aromatic rings. The van der Waals surface area contributed by atoms with E-state index in [2.05, 4.69) is 12.3 Å². The molecule has 12 heavy (non-hydrogen) atoms. The first-order valence-electron chi connectivity index (χ1n) is 4.09. The molecule has 0 saturated heterocycles. The summed E-state index contributed by atoms with van der Waals surface area (Å²) < 4.78 is 0. The van der Waals surface area contributed by atoms with Crippen LogP contribution in [0.5, 0.6) is 0 Å². The van der Waals surface area contributed by atoms with E-state index in [4.69, 9.17) is 0 Å². The fourth-order valence-electron chi connectivity index (χ4n) is 1.14. The van der Waals surface area contributed by atoms with Gasteiger partial charge in [0.2, 0.25) is 0 Å². The lowest BCUT2D eigenvalue weighted by atomic mass is 9.87. The van der Waals surface area contributed by atoms with E-state index in [9.17, 15) is 9.90 Å². The minimum Gasteiger partial charge on any atom is -0.377 e. The monoisotopic (exact) mass is 168 g/mol. The molecule has 1 N–H and O–H groups in total. The molecule has 2 heteroatoms. The van der Waals surface area contributed by atoms with Crippen LogP contribution >= 0.6 is 0 Å². The molecule has 0 aliphatic heterocycles. The Morgan fingerprint density at radius 3 is 2.33 bits per heavy atom. The molecule has 0 aliphatic carbocycles. The largest absolute Gasteiger partial charge is 0.377 e. The van der Waals surface area contributed by atoms with Crippen LogP contribution in [0.3, 0.4) is 0 Å². The number of hydrogen-bond acceptors (Lipinski definition) is 2. The van der Waals surface area contributed by atoms with Crippen LogP contribution < -0.4 is 0 Å². The standard InChI is InChI=1S/C10H16O2/c1-5-7-10(12,9(4)11)8(3)6-2/h12H,2,5,7H2,1,3-4H3. The summed E-state index contributed by atoms with van der Waals surface area (Å²) in [6.45, 7) is 8.39. The summed E-state index contributed by atoms with van der Waals surface area (Å²) in [7, 11) is 0. The molecule has 0 aromatic carbocycles. The highest BCUT2D eigenvalue weighted by Crippen LogP contribution is 2.22. The van der Waals surface area contributed by atoms with Crippen LogP contribution in [-0.4, -0.2) is 16.5 Å². The van der Waals surface area contributed by atoms with E-state index in [-0.39, 0.29) is 5.78 Å². The van der Waals surface area contributed by atoms with Gasteiger partial charge >= 0.3 is 0 Å². The molecule has 0 aliphatic rings. The fraction of sp³-hybridized carbons (Fsp3) is 0.600. The van der Waals surface area contributed by atoms with E-state index in [0.717, 1.165) is 6.42 Å². The first-order chi connectivity index (χ1) is 5.49. The average Bonchev–Trinajstić information content (AvgIpc) is 2.03. The molecule has 1 atom stereocenters. The maximum atomic E-state index is 11.1. The van der Waals surface area contributed by atoms with Crippen LogP contribution in [-0.2, 0) is 4.79 Å². The van der Waals surface area contributed by atoms with Crippen molar-refractivity contribution in [3.05, 3.63) is 17.9 Å². The molecule has 1 unspecified atom stereocenters. The van der Waals surface area contributed by atoms with Crippen LogP contribution in [0.15, 0.2) is 17.9 Å². The Bertz CT molecular complexity index is 224. The highest BCUT2D eigenvalue weighted by atomic mass is 16.3. The number of hydrogen-bond donors (Lipinski definition) is 1. The third kappa shape index (κ3) is 2.07. The highest BCUT2D eigenvalue weighted by Gasteiger charge is 2.33. The summed E-state index contributed by atoms with van der Waals surface area (Å²) in [6.07, 6.45) is 1.20. The van der Waals surface area contributed by atoms with Gasteiger partial charge in [0.05, 0.1) is 0 Å². The number of ketones is 1. The first kappa shape index (κ1) is 11.2. The lowest BCUT2D eigenvalue weighted by molar-refractivity contribution is -0.132. The smallest absolute Gasteiger partial charge is 0.166 e. The van der Waals surface area contributed by atoms with E-state index in [0.29, 0.717) is 12.0 Å². The molecule has 2 nitrogen and oxygen atoms in total. The molecule has 0 rings (SSSR count). The van der Waals surface area contributed by atoms with E-state index < -0.39 is 5.60 Å². The van der Waals surface area contributed by atoms with Crippen molar-refractivity contribution in [2.45, 2.75) is 39.2 Å². The molecular weight excluding hydrogens is 152 g/mol. The predicted molar refractivity (Wildman–Crippen MR) is 48.9 cm³/mol. The maximum absolute atomic E-state index is 11.1. The lowest BCUT2D eigenvalue weighted by Gasteiger charge is -2.24. The van der Waals surface area contributed by atoms with Crippen molar-refractivity contribution in [3.63, 3.8) is 0 Å². The van der Waals surface area contributed by atoms with Crippen molar-refractivity contribution in [3.8, 4) is 0 Å². The zero-order chi connectivity index (χ0) is 9.78. The normalized spacial score (nSPS) is 14.7. The predicted octanol–water partition coefficient (Wildman–Crippen LogP) is 1.84. The Balaban J connectivity index is 4.86. The number of Topliss-reactive ketones (excluding diaryl/α,β-unsaturated/α-hetero) is 1. The van der Waals surface area contributed by atoms with Gasteiger partial charge < -0.3 is 5.11 Å². The van der Waals surface area contributed by atoms with E-state index in [1.807, 2.05) is 6.92 Å². The summed E-state index contributed by atoms with van der Waals surface area (Å²) in [4.78, 5) is 11.1. The number of carbonyl (C=O) groups excluding carboxylic acids is 1. The van der Waals surface area contributed by atoms with Gasteiger partial charge in [-0.3, -0.25) is 4.79 Å². The van der Waals surface area contributed by atoms with Crippen molar-refractivity contribution < 1.29 is 9.90 Å². The quantitative estimate of drug-likeness (QED) is 0.650. The van der Waals surface area contributed by atoms with Gasteiger partial charge in [-0.2, -0.15) is 0 Å². The first-order valence-corrected chi connectivity index (χ1v) is 4.09. The minimum absolute atomic E-state index is 0.238. The van der Waals surface area contributed by atoms with E-state index in [1.54, 1.807) is 6.92 Å². The van der Waals surface area contributed by atoms with Crippen LogP contribution in [0.4, 0.5) is 0 Å². The van der Waals surface area contributed by atoms with Gasteiger partial charge in [-0.15, -0.1) is 5.73 Å². The lowest BCUT2D eigenvalue weighted by Crippen LogP contribution is -2.37. The molecule has 0 amide bonds. The van der Waals surface area contributed by atoms with Gasteiger partial charge in [-0.1, -0.05) is 19.9 Å². The molecule has 68 valence electrons. The van der Waals surface area contributed by atoms with E-state index in [1.165, 1.54) is 6.92 Å². The Morgan fingerprint density at radius 1 is 1.58 bits per heavy atom. The average molecular weight is 168 g/mol. The van der Waals surface area contributed by atoms with Crippen molar-refractivity contribution in [2.24, 2.45) is 0 Å². The summed E-state index contributed by atoms with van der Waals surface area (Å²) in [5.74, 6) is -0.238. The SMILES string of the molecule is C=C=C(C)C(O)(CCC)C(C)=O. The molecule has 0 saturated carbocycles. The van der Waals surface area contributed by atoms with Gasteiger partial charge in [0.1, 0.15) is 0 Å². The fourth-order valence-corrected chi connectivity index (χ4v) is 1.14. The molecular formula is C10H16O2. The van der Waals surface area contributed by atoms with Gasteiger partial charge in [-0.05, 0) is 20.3 Å². The summed E-state index contributed by atoms with van der Waals surface area (Å²) in [5.41, 5.74) is 1.74. The second-order valence-corrected chi connectivity index (χ2v) is 2.97. The molecule has 0 bridgehead atoms. The molecule has 0 radical (unpaired) electrons. The Labute approximate surface area is 73.6 Å². The number of carbonyl (C=O) groups is 1. The van der Waals surface area contributed by atoms with Crippen molar-refractivity contribution in [1.82, 2.24) is 0 Å². The molecule has 0 fully saturated rings. The zero-order valence-corrected chi connectivity index (χ0v) is 7.98. The Hall–Kier alpha value is -0.850. The van der Waals surface area contributed by atoms with Gasteiger partial charge in [-0.25, -0.2) is 0 Å². The van der Waals surface area contributed by atoms with Crippen LogP contribution in [0.25, 0.3) is 0 Å². The van der Waals surface area contributed by atoms with Gasteiger partial charge in [0.25, 0.3) is 0 Å². The van der Waals surface area contributed by atoms with Crippen molar-refractivity contribution >= 4 is 5.78 Å². The summed E-state index contributed by atoms with van der Waals surface area (Å²) >= 11 is 0. The van der Waals surface area contributed by atoms with Crippen molar-refractivity contribution in [1.29, 1.82) is 0 Å². The number of rotatable bonds is 4.